The van der Waals surface area contributed by atoms with E-state index >= 15 is 0 Å². The van der Waals surface area contributed by atoms with Gasteiger partial charge in [0.2, 0.25) is 0 Å². The van der Waals surface area contributed by atoms with Crippen LogP contribution in [0.3, 0.4) is 0 Å². The van der Waals surface area contributed by atoms with Crippen LogP contribution >= 0.6 is 0 Å². The Morgan fingerprint density at radius 2 is 1.88 bits per heavy atom. The average Bonchev–Trinajstić information content (AvgIpc) is 2.31. The predicted molar refractivity (Wildman–Crippen MR) is 70.1 cm³/mol. The minimum atomic E-state index is -0.198. The maximum atomic E-state index is 13.5. The van der Waals surface area contributed by atoms with Crippen molar-refractivity contribution in [2.75, 3.05) is 11.9 Å². The number of anilines is 1. The number of nitrogens with one attached hydrogen (secondary N) is 1. The van der Waals surface area contributed by atoms with Gasteiger partial charge in [-0.05, 0) is 45.4 Å². The fraction of sp³-hybridized carbons (Fsp3) is 0.357. The van der Waals surface area contributed by atoms with Gasteiger partial charge in [0.15, 0.2) is 0 Å². The number of halogens is 1. The van der Waals surface area contributed by atoms with E-state index in [1.807, 2.05) is 13.8 Å². The highest BCUT2D eigenvalue weighted by atomic mass is 19.1. The molecule has 0 aliphatic rings. The summed E-state index contributed by atoms with van der Waals surface area (Å²) in [6, 6.07) is 3.31. The maximum absolute atomic E-state index is 13.5. The van der Waals surface area contributed by atoms with E-state index < -0.39 is 0 Å². The van der Waals surface area contributed by atoms with Crippen LogP contribution in [0.5, 0.6) is 0 Å². The van der Waals surface area contributed by atoms with Crippen LogP contribution in [0.15, 0.2) is 12.1 Å². The van der Waals surface area contributed by atoms with Gasteiger partial charge < -0.3 is 5.32 Å². The zero-order valence-electron chi connectivity index (χ0n) is 10.7. The fourth-order valence-electron chi connectivity index (χ4n) is 2.06. The van der Waals surface area contributed by atoms with Crippen molar-refractivity contribution in [1.29, 1.82) is 0 Å². The van der Waals surface area contributed by atoms with Crippen LogP contribution in [0.25, 0.3) is 10.9 Å². The van der Waals surface area contributed by atoms with E-state index in [-0.39, 0.29) is 5.82 Å². The molecule has 2 nitrogen and oxygen atoms in total. The third kappa shape index (κ3) is 1.86. The SMILES string of the molecule is CCNc1c(C)c(C)nc2c(C)c(F)ccc12. The van der Waals surface area contributed by atoms with E-state index in [2.05, 4.69) is 17.2 Å². The lowest BCUT2D eigenvalue weighted by atomic mass is 10.0. The summed E-state index contributed by atoms with van der Waals surface area (Å²) in [6.45, 7) is 8.67. The Bertz CT molecular complexity index is 576. The van der Waals surface area contributed by atoms with Crippen molar-refractivity contribution in [3.8, 4) is 0 Å². The van der Waals surface area contributed by atoms with Gasteiger partial charge in [-0.25, -0.2) is 4.39 Å². The monoisotopic (exact) mass is 232 g/mol. The highest BCUT2D eigenvalue weighted by Gasteiger charge is 2.12. The molecule has 0 atom stereocenters. The molecule has 0 fully saturated rings. The van der Waals surface area contributed by atoms with E-state index in [0.29, 0.717) is 5.56 Å². The Morgan fingerprint density at radius 3 is 2.53 bits per heavy atom. The van der Waals surface area contributed by atoms with E-state index in [1.54, 1.807) is 13.0 Å². The first-order chi connectivity index (χ1) is 8.06. The summed E-state index contributed by atoms with van der Waals surface area (Å²) >= 11 is 0. The average molecular weight is 232 g/mol. The van der Waals surface area contributed by atoms with Crippen molar-refractivity contribution in [2.24, 2.45) is 0 Å². The van der Waals surface area contributed by atoms with Crippen molar-refractivity contribution in [1.82, 2.24) is 4.98 Å². The second-order valence-corrected chi connectivity index (χ2v) is 4.30. The predicted octanol–water partition coefficient (Wildman–Crippen LogP) is 3.73. The summed E-state index contributed by atoms with van der Waals surface area (Å²) in [5.41, 5.74) is 4.51. The third-order valence-corrected chi connectivity index (χ3v) is 3.19. The minimum Gasteiger partial charge on any atom is -0.385 e. The molecular formula is C14H17FN2. The lowest BCUT2D eigenvalue weighted by Gasteiger charge is -2.14. The highest BCUT2D eigenvalue weighted by molar-refractivity contribution is 5.95. The van der Waals surface area contributed by atoms with Gasteiger partial charge in [-0.15, -0.1) is 0 Å². The van der Waals surface area contributed by atoms with Gasteiger partial charge in [0.1, 0.15) is 5.82 Å². The topological polar surface area (TPSA) is 24.9 Å². The molecule has 0 bridgehead atoms. The van der Waals surface area contributed by atoms with E-state index in [0.717, 1.165) is 34.4 Å². The Labute approximate surface area is 101 Å². The molecule has 0 amide bonds. The van der Waals surface area contributed by atoms with E-state index in [1.165, 1.54) is 6.07 Å². The van der Waals surface area contributed by atoms with Crippen LogP contribution in [0.1, 0.15) is 23.7 Å². The fourth-order valence-corrected chi connectivity index (χ4v) is 2.06. The second-order valence-electron chi connectivity index (χ2n) is 4.30. The molecule has 17 heavy (non-hydrogen) atoms. The van der Waals surface area contributed by atoms with Crippen LogP contribution in [0, 0.1) is 26.6 Å². The summed E-state index contributed by atoms with van der Waals surface area (Å²) in [5.74, 6) is -0.198. The molecule has 1 aromatic carbocycles. The van der Waals surface area contributed by atoms with Crippen molar-refractivity contribution >= 4 is 16.6 Å². The molecule has 0 unspecified atom stereocenters. The number of fused-ring (bicyclic) bond motifs is 1. The third-order valence-electron chi connectivity index (χ3n) is 3.19. The number of benzene rings is 1. The van der Waals surface area contributed by atoms with Crippen LogP contribution in [0.2, 0.25) is 0 Å². The quantitative estimate of drug-likeness (QED) is 0.853. The number of nitrogens with zero attached hydrogens (tertiary/aromatic N) is 1. The molecule has 1 aromatic heterocycles. The van der Waals surface area contributed by atoms with Crippen molar-refractivity contribution < 1.29 is 4.39 Å². The Hall–Kier alpha value is -1.64. The summed E-state index contributed by atoms with van der Waals surface area (Å²) in [7, 11) is 0. The van der Waals surface area contributed by atoms with Gasteiger partial charge in [-0.2, -0.15) is 0 Å². The molecule has 90 valence electrons. The number of pyridine rings is 1. The Kier molecular flexibility index (Phi) is 3.01. The normalized spacial score (nSPS) is 10.9. The number of hydrogen-bond acceptors (Lipinski definition) is 2. The minimum absolute atomic E-state index is 0.198. The van der Waals surface area contributed by atoms with Gasteiger partial charge in [-0.3, -0.25) is 4.98 Å². The molecule has 0 saturated carbocycles. The smallest absolute Gasteiger partial charge is 0.128 e. The maximum Gasteiger partial charge on any atom is 0.128 e. The van der Waals surface area contributed by atoms with Gasteiger partial charge in [-0.1, -0.05) is 0 Å². The Morgan fingerprint density at radius 1 is 1.18 bits per heavy atom. The highest BCUT2D eigenvalue weighted by Crippen LogP contribution is 2.30. The molecule has 1 heterocycles. The summed E-state index contributed by atoms with van der Waals surface area (Å²) in [4.78, 5) is 4.50. The van der Waals surface area contributed by atoms with Crippen molar-refractivity contribution in [2.45, 2.75) is 27.7 Å². The molecule has 0 radical (unpaired) electrons. The standard InChI is InChI=1S/C14H17FN2/c1-5-16-13-8(2)10(4)17-14-9(3)12(15)7-6-11(13)14/h6-7H,5H2,1-4H3,(H,16,17). The summed E-state index contributed by atoms with van der Waals surface area (Å²) < 4.78 is 13.5. The number of rotatable bonds is 2. The lowest BCUT2D eigenvalue weighted by Crippen LogP contribution is -2.04. The molecule has 2 rings (SSSR count). The summed E-state index contributed by atoms with van der Waals surface area (Å²) in [6.07, 6.45) is 0. The van der Waals surface area contributed by atoms with Gasteiger partial charge in [0.25, 0.3) is 0 Å². The van der Waals surface area contributed by atoms with Crippen LogP contribution in [-0.4, -0.2) is 11.5 Å². The van der Waals surface area contributed by atoms with Crippen LogP contribution in [-0.2, 0) is 0 Å². The van der Waals surface area contributed by atoms with Gasteiger partial charge in [0, 0.05) is 28.9 Å². The summed E-state index contributed by atoms with van der Waals surface area (Å²) in [5, 5.41) is 4.34. The molecule has 0 aliphatic heterocycles. The molecular weight excluding hydrogens is 215 g/mol. The first-order valence-corrected chi connectivity index (χ1v) is 5.86. The van der Waals surface area contributed by atoms with E-state index in [4.69, 9.17) is 0 Å². The second kappa shape index (κ2) is 4.32. The number of hydrogen-bond donors (Lipinski definition) is 1. The van der Waals surface area contributed by atoms with Crippen LogP contribution < -0.4 is 5.32 Å². The molecule has 0 aliphatic carbocycles. The van der Waals surface area contributed by atoms with Crippen molar-refractivity contribution in [3.63, 3.8) is 0 Å². The molecule has 2 aromatic rings. The number of aromatic nitrogens is 1. The number of aryl methyl sites for hydroxylation is 2. The largest absolute Gasteiger partial charge is 0.385 e. The molecule has 1 N–H and O–H groups in total. The zero-order chi connectivity index (χ0) is 12.6. The zero-order valence-corrected chi connectivity index (χ0v) is 10.7. The molecule has 0 spiro atoms. The molecule has 3 heteroatoms. The van der Waals surface area contributed by atoms with Crippen molar-refractivity contribution in [3.05, 3.63) is 34.8 Å². The van der Waals surface area contributed by atoms with Gasteiger partial charge in [0.05, 0.1) is 5.52 Å². The molecule has 0 saturated heterocycles. The first kappa shape index (κ1) is 11.8. The van der Waals surface area contributed by atoms with E-state index in [9.17, 15) is 4.39 Å². The first-order valence-electron chi connectivity index (χ1n) is 5.86. The lowest BCUT2D eigenvalue weighted by molar-refractivity contribution is 0.620. The van der Waals surface area contributed by atoms with Crippen LogP contribution in [0.4, 0.5) is 10.1 Å². The Balaban J connectivity index is 2.86. The van der Waals surface area contributed by atoms with Gasteiger partial charge >= 0.3 is 0 Å².